The molecule has 1 aliphatic carbocycles. The highest BCUT2D eigenvalue weighted by Gasteiger charge is 2.34. The number of hydrogen-bond donors (Lipinski definition) is 0. The molecule has 0 atom stereocenters. The SMILES string of the molecule is O=C(c1ccc(Oc2ccccc2)cc1)N1CCCN(C(=O)C2CC2)CC1. The Kier molecular flexibility index (Phi) is 5.10. The lowest BCUT2D eigenvalue weighted by atomic mass is 10.2. The number of benzene rings is 2. The fraction of sp³-hybridized carbons (Fsp3) is 0.364. The summed E-state index contributed by atoms with van der Waals surface area (Å²) >= 11 is 0. The fourth-order valence-electron chi connectivity index (χ4n) is 3.40. The van der Waals surface area contributed by atoms with Crippen LogP contribution in [0.25, 0.3) is 0 Å². The van der Waals surface area contributed by atoms with Crippen LogP contribution in [-0.4, -0.2) is 47.8 Å². The number of rotatable bonds is 4. The molecule has 27 heavy (non-hydrogen) atoms. The van der Waals surface area contributed by atoms with Gasteiger partial charge in [-0.25, -0.2) is 0 Å². The van der Waals surface area contributed by atoms with Gasteiger partial charge in [-0.3, -0.25) is 9.59 Å². The summed E-state index contributed by atoms with van der Waals surface area (Å²) in [6.45, 7) is 2.67. The Hall–Kier alpha value is -2.82. The zero-order chi connectivity index (χ0) is 18.6. The Balaban J connectivity index is 1.36. The average Bonchev–Trinajstić information content (AvgIpc) is 3.55. The summed E-state index contributed by atoms with van der Waals surface area (Å²) in [5.74, 6) is 2.00. The van der Waals surface area contributed by atoms with Crippen LogP contribution in [0.1, 0.15) is 29.6 Å². The molecule has 2 fully saturated rings. The molecule has 0 unspecified atom stereocenters. The van der Waals surface area contributed by atoms with E-state index in [-0.39, 0.29) is 17.7 Å². The zero-order valence-corrected chi connectivity index (χ0v) is 15.3. The molecule has 2 amide bonds. The van der Waals surface area contributed by atoms with E-state index in [1.807, 2.05) is 52.3 Å². The summed E-state index contributed by atoms with van der Waals surface area (Å²) in [4.78, 5) is 28.9. The molecule has 2 aliphatic rings. The van der Waals surface area contributed by atoms with Crippen LogP contribution in [-0.2, 0) is 4.79 Å². The first kappa shape index (κ1) is 17.6. The quantitative estimate of drug-likeness (QED) is 0.833. The maximum absolute atomic E-state index is 12.8. The normalized spacial score (nSPS) is 17.3. The third kappa shape index (κ3) is 4.30. The van der Waals surface area contributed by atoms with Crippen molar-refractivity contribution in [3.05, 3.63) is 60.2 Å². The molecule has 5 heteroatoms. The third-order valence-electron chi connectivity index (χ3n) is 5.10. The van der Waals surface area contributed by atoms with Crippen molar-refractivity contribution in [2.75, 3.05) is 26.2 Å². The molecule has 0 bridgehead atoms. The first-order valence-corrected chi connectivity index (χ1v) is 9.62. The van der Waals surface area contributed by atoms with Crippen molar-refractivity contribution >= 4 is 11.8 Å². The first-order chi connectivity index (χ1) is 13.2. The minimum absolute atomic E-state index is 0.0157. The lowest BCUT2D eigenvalue weighted by molar-refractivity contribution is -0.132. The van der Waals surface area contributed by atoms with Gasteiger partial charge in [-0.15, -0.1) is 0 Å². The van der Waals surface area contributed by atoms with Crippen LogP contribution in [0.4, 0.5) is 0 Å². The molecule has 5 nitrogen and oxygen atoms in total. The molecule has 1 aliphatic heterocycles. The molecule has 4 rings (SSSR count). The van der Waals surface area contributed by atoms with E-state index in [0.717, 1.165) is 31.6 Å². The van der Waals surface area contributed by atoms with Gasteiger partial charge in [0.2, 0.25) is 5.91 Å². The maximum atomic E-state index is 12.8. The molecular formula is C22H24N2O3. The van der Waals surface area contributed by atoms with E-state index in [1.165, 1.54) is 0 Å². The summed E-state index contributed by atoms with van der Waals surface area (Å²) in [5, 5.41) is 0. The first-order valence-electron chi connectivity index (χ1n) is 9.62. The molecular weight excluding hydrogens is 340 g/mol. The van der Waals surface area contributed by atoms with Crippen molar-refractivity contribution in [1.82, 2.24) is 9.80 Å². The van der Waals surface area contributed by atoms with Gasteiger partial charge in [-0.05, 0) is 55.7 Å². The second-order valence-electron chi connectivity index (χ2n) is 7.18. The fourth-order valence-corrected chi connectivity index (χ4v) is 3.40. The molecule has 2 aromatic carbocycles. The molecule has 0 spiro atoms. The maximum Gasteiger partial charge on any atom is 0.253 e. The lowest BCUT2D eigenvalue weighted by Crippen LogP contribution is -2.37. The van der Waals surface area contributed by atoms with Crippen LogP contribution in [0.15, 0.2) is 54.6 Å². The van der Waals surface area contributed by atoms with Crippen molar-refractivity contribution in [3.63, 3.8) is 0 Å². The molecule has 1 heterocycles. The van der Waals surface area contributed by atoms with E-state index in [4.69, 9.17) is 4.74 Å². The number of carbonyl (C=O) groups excluding carboxylic acids is 2. The topological polar surface area (TPSA) is 49.9 Å². The van der Waals surface area contributed by atoms with Crippen molar-refractivity contribution in [2.24, 2.45) is 5.92 Å². The molecule has 2 aromatic rings. The van der Waals surface area contributed by atoms with E-state index in [9.17, 15) is 9.59 Å². The van der Waals surface area contributed by atoms with Gasteiger partial charge in [0.25, 0.3) is 5.91 Å². The van der Waals surface area contributed by atoms with Gasteiger partial charge in [-0.2, -0.15) is 0 Å². The summed E-state index contributed by atoms with van der Waals surface area (Å²) in [7, 11) is 0. The second-order valence-corrected chi connectivity index (χ2v) is 7.18. The standard InChI is InChI=1S/C22H24N2O3/c25-21(17-7-8-17)23-13-4-14-24(16-15-23)22(26)18-9-11-20(12-10-18)27-19-5-2-1-3-6-19/h1-3,5-6,9-12,17H,4,7-8,13-16H2. The van der Waals surface area contributed by atoms with Crippen LogP contribution in [0, 0.1) is 5.92 Å². The van der Waals surface area contributed by atoms with E-state index < -0.39 is 0 Å². The molecule has 0 radical (unpaired) electrons. The smallest absolute Gasteiger partial charge is 0.253 e. The van der Waals surface area contributed by atoms with Crippen LogP contribution in [0.2, 0.25) is 0 Å². The van der Waals surface area contributed by atoms with Gasteiger partial charge in [-0.1, -0.05) is 18.2 Å². The van der Waals surface area contributed by atoms with Gasteiger partial charge in [0.1, 0.15) is 11.5 Å². The van der Waals surface area contributed by atoms with Crippen LogP contribution < -0.4 is 4.74 Å². The summed E-state index contributed by atoms with van der Waals surface area (Å²) < 4.78 is 5.78. The van der Waals surface area contributed by atoms with Crippen LogP contribution >= 0.6 is 0 Å². The highest BCUT2D eigenvalue weighted by atomic mass is 16.5. The highest BCUT2D eigenvalue weighted by Crippen LogP contribution is 2.31. The van der Waals surface area contributed by atoms with E-state index in [2.05, 4.69) is 0 Å². The molecule has 1 saturated carbocycles. The molecule has 0 aromatic heterocycles. The van der Waals surface area contributed by atoms with E-state index >= 15 is 0 Å². The highest BCUT2D eigenvalue weighted by molar-refractivity contribution is 5.94. The number of amides is 2. The summed E-state index contributed by atoms with van der Waals surface area (Å²) in [6.07, 6.45) is 2.88. The van der Waals surface area contributed by atoms with Crippen molar-refractivity contribution < 1.29 is 14.3 Å². The van der Waals surface area contributed by atoms with Crippen molar-refractivity contribution in [3.8, 4) is 11.5 Å². The van der Waals surface area contributed by atoms with Crippen molar-refractivity contribution in [2.45, 2.75) is 19.3 Å². The van der Waals surface area contributed by atoms with Crippen LogP contribution in [0.3, 0.4) is 0 Å². The monoisotopic (exact) mass is 364 g/mol. The Morgan fingerprint density at radius 2 is 1.41 bits per heavy atom. The average molecular weight is 364 g/mol. The molecule has 140 valence electrons. The number of nitrogens with zero attached hydrogens (tertiary/aromatic N) is 2. The number of carbonyl (C=O) groups is 2. The number of hydrogen-bond acceptors (Lipinski definition) is 3. The van der Waals surface area contributed by atoms with Crippen LogP contribution in [0.5, 0.6) is 11.5 Å². The second kappa shape index (κ2) is 7.82. The predicted molar refractivity (Wildman–Crippen MR) is 103 cm³/mol. The third-order valence-corrected chi connectivity index (χ3v) is 5.10. The minimum Gasteiger partial charge on any atom is -0.457 e. The Morgan fingerprint density at radius 1 is 0.778 bits per heavy atom. The summed E-state index contributed by atoms with van der Waals surface area (Å²) in [6, 6.07) is 16.8. The van der Waals surface area contributed by atoms with Gasteiger partial charge in [0, 0.05) is 37.7 Å². The van der Waals surface area contributed by atoms with Gasteiger partial charge >= 0.3 is 0 Å². The van der Waals surface area contributed by atoms with Crippen molar-refractivity contribution in [1.29, 1.82) is 0 Å². The van der Waals surface area contributed by atoms with E-state index in [0.29, 0.717) is 30.9 Å². The minimum atomic E-state index is 0.0157. The Morgan fingerprint density at radius 3 is 2.11 bits per heavy atom. The molecule has 0 N–H and O–H groups in total. The zero-order valence-electron chi connectivity index (χ0n) is 15.3. The largest absolute Gasteiger partial charge is 0.457 e. The predicted octanol–water partition coefficient (Wildman–Crippen LogP) is 3.56. The van der Waals surface area contributed by atoms with Gasteiger partial charge < -0.3 is 14.5 Å². The number of ether oxygens (including phenoxy) is 1. The van der Waals surface area contributed by atoms with E-state index in [1.54, 1.807) is 12.1 Å². The van der Waals surface area contributed by atoms with Gasteiger partial charge in [0.15, 0.2) is 0 Å². The Labute approximate surface area is 159 Å². The lowest BCUT2D eigenvalue weighted by Gasteiger charge is -2.22. The number of para-hydroxylation sites is 1. The molecule has 1 saturated heterocycles. The summed E-state index contributed by atoms with van der Waals surface area (Å²) in [5.41, 5.74) is 0.650. The Bertz CT molecular complexity index is 800. The van der Waals surface area contributed by atoms with Gasteiger partial charge in [0.05, 0.1) is 0 Å².